The molecule has 4 nitrogen and oxygen atoms in total. The average molecular weight is 346 g/mol. The normalized spacial score (nSPS) is 11.0. The van der Waals surface area contributed by atoms with Crippen LogP contribution in [0.5, 0.6) is 0 Å². The number of aryl methyl sites for hydroxylation is 1. The number of H-pyrrole nitrogens is 1. The second-order valence-corrected chi connectivity index (χ2v) is 6.17. The Balaban J connectivity index is 1.90. The highest BCUT2D eigenvalue weighted by Gasteiger charge is 2.15. The van der Waals surface area contributed by atoms with E-state index < -0.39 is 5.82 Å². The Morgan fingerprint density at radius 2 is 1.65 bits per heavy atom. The number of rotatable bonds is 2. The standard InChI is InChI=1S/C21H15FN2O2/c1-12-5-2-6-13(11-12)23-21(26)16-9-3-7-14-18(16)24-19-15(20(14)25)8-4-10-17(19)22/h2-11H,1H3,(H,23,26)(H,24,25). The third-order valence-electron chi connectivity index (χ3n) is 4.34. The van der Waals surface area contributed by atoms with E-state index in [1.54, 1.807) is 30.3 Å². The summed E-state index contributed by atoms with van der Waals surface area (Å²) in [4.78, 5) is 28.4. The van der Waals surface area contributed by atoms with Gasteiger partial charge in [-0.05, 0) is 48.9 Å². The molecule has 0 fully saturated rings. The Morgan fingerprint density at radius 1 is 0.962 bits per heavy atom. The summed E-state index contributed by atoms with van der Waals surface area (Å²) in [6.07, 6.45) is 0. The molecule has 0 radical (unpaired) electrons. The number of anilines is 1. The molecular formula is C21H15FN2O2. The molecule has 4 aromatic rings. The first kappa shape index (κ1) is 16.0. The summed E-state index contributed by atoms with van der Waals surface area (Å²) in [7, 11) is 0. The van der Waals surface area contributed by atoms with Crippen molar-refractivity contribution in [1.29, 1.82) is 0 Å². The number of amides is 1. The van der Waals surface area contributed by atoms with Gasteiger partial charge < -0.3 is 10.3 Å². The lowest BCUT2D eigenvalue weighted by Gasteiger charge is -2.10. The molecule has 2 N–H and O–H groups in total. The van der Waals surface area contributed by atoms with Crippen LogP contribution in [0.15, 0.2) is 65.5 Å². The molecule has 0 atom stereocenters. The van der Waals surface area contributed by atoms with Gasteiger partial charge in [-0.3, -0.25) is 9.59 Å². The summed E-state index contributed by atoms with van der Waals surface area (Å²) in [5.41, 5.74) is 2.06. The third-order valence-corrected chi connectivity index (χ3v) is 4.34. The fourth-order valence-electron chi connectivity index (χ4n) is 3.10. The molecule has 26 heavy (non-hydrogen) atoms. The highest BCUT2D eigenvalue weighted by atomic mass is 19.1. The summed E-state index contributed by atoms with van der Waals surface area (Å²) in [5.74, 6) is -0.900. The van der Waals surface area contributed by atoms with E-state index >= 15 is 0 Å². The quantitative estimate of drug-likeness (QED) is 0.529. The molecule has 0 unspecified atom stereocenters. The highest BCUT2D eigenvalue weighted by Crippen LogP contribution is 2.21. The van der Waals surface area contributed by atoms with E-state index in [2.05, 4.69) is 10.3 Å². The van der Waals surface area contributed by atoms with Crippen molar-refractivity contribution >= 4 is 33.4 Å². The van der Waals surface area contributed by atoms with Gasteiger partial charge >= 0.3 is 0 Å². The number of hydrogen-bond acceptors (Lipinski definition) is 2. The lowest BCUT2D eigenvalue weighted by Crippen LogP contribution is -2.15. The molecule has 1 heterocycles. The van der Waals surface area contributed by atoms with Crippen LogP contribution in [0.2, 0.25) is 0 Å². The lowest BCUT2D eigenvalue weighted by atomic mass is 10.1. The van der Waals surface area contributed by atoms with Gasteiger partial charge in [-0.25, -0.2) is 4.39 Å². The van der Waals surface area contributed by atoms with Crippen LogP contribution in [0.1, 0.15) is 15.9 Å². The minimum Gasteiger partial charge on any atom is -0.351 e. The van der Waals surface area contributed by atoms with E-state index in [1.807, 2.05) is 25.1 Å². The monoisotopic (exact) mass is 346 g/mol. The van der Waals surface area contributed by atoms with E-state index in [-0.39, 0.29) is 27.8 Å². The summed E-state index contributed by atoms with van der Waals surface area (Å²) in [6.45, 7) is 1.93. The fourth-order valence-corrected chi connectivity index (χ4v) is 3.10. The third kappa shape index (κ3) is 2.63. The summed E-state index contributed by atoms with van der Waals surface area (Å²) >= 11 is 0. The molecule has 128 valence electrons. The Morgan fingerprint density at radius 3 is 2.42 bits per heavy atom. The van der Waals surface area contributed by atoms with Gasteiger partial charge in [-0.1, -0.05) is 24.3 Å². The first-order valence-electron chi connectivity index (χ1n) is 8.16. The number of pyridine rings is 1. The van der Waals surface area contributed by atoms with Crippen molar-refractivity contribution in [1.82, 2.24) is 4.98 Å². The van der Waals surface area contributed by atoms with Crippen molar-refractivity contribution in [2.45, 2.75) is 6.92 Å². The highest BCUT2D eigenvalue weighted by molar-refractivity contribution is 6.13. The zero-order chi connectivity index (χ0) is 18.3. The maximum atomic E-state index is 14.1. The van der Waals surface area contributed by atoms with Gasteiger partial charge in [0.15, 0.2) is 5.43 Å². The number of aromatic nitrogens is 1. The topological polar surface area (TPSA) is 62.0 Å². The molecule has 0 spiro atoms. The van der Waals surface area contributed by atoms with Gasteiger partial charge in [-0.2, -0.15) is 0 Å². The molecule has 0 aliphatic rings. The number of para-hydroxylation sites is 2. The number of carbonyl (C=O) groups is 1. The number of nitrogens with one attached hydrogen (secondary N) is 2. The molecular weight excluding hydrogens is 331 g/mol. The minimum absolute atomic E-state index is 0.0980. The average Bonchev–Trinajstić information content (AvgIpc) is 2.62. The van der Waals surface area contributed by atoms with Crippen molar-refractivity contribution in [3.63, 3.8) is 0 Å². The molecule has 0 aliphatic heterocycles. The number of halogens is 1. The van der Waals surface area contributed by atoms with Crippen LogP contribution >= 0.6 is 0 Å². The van der Waals surface area contributed by atoms with Gasteiger partial charge in [0.2, 0.25) is 0 Å². The van der Waals surface area contributed by atoms with Crippen molar-refractivity contribution in [2.24, 2.45) is 0 Å². The summed E-state index contributed by atoms with van der Waals surface area (Å²) in [6, 6.07) is 16.6. The van der Waals surface area contributed by atoms with Crippen molar-refractivity contribution in [3.8, 4) is 0 Å². The van der Waals surface area contributed by atoms with Crippen LogP contribution in [0.25, 0.3) is 21.8 Å². The molecule has 1 aromatic heterocycles. The van der Waals surface area contributed by atoms with Crippen LogP contribution in [-0.4, -0.2) is 10.9 Å². The maximum Gasteiger partial charge on any atom is 0.257 e. The van der Waals surface area contributed by atoms with E-state index in [0.29, 0.717) is 16.6 Å². The van der Waals surface area contributed by atoms with Gasteiger partial charge in [0.05, 0.1) is 16.6 Å². The van der Waals surface area contributed by atoms with Crippen LogP contribution < -0.4 is 10.7 Å². The van der Waals surface area contributed by atoms with Crippen molar-refractivity contribution < 1.29 is 9.18 Å². The molecule has 3 aromatic carbocycles. The minimum atomic E-state index is -0.532. The van der Waals surface area contributed by atoms with Crippen molar-refractivity contribution in [2.75, 3.05) is 5.32 Å². The Labute approximate surface area is 148 Å². The zero-order valence-corrected chi connectivity index (χ0v) is 14.0. The maximum absolute atomic E-state index is 14.1. The lowest BCUT2D eigenvalue weighted by molar-refractivity contribution is 0.102. The second-order valence-electron chi connectivity index (χ2n) is 6.17. The van der Waals surface area contributed by atoms with Gasteiger partial charge in [0.1, 0.15) is 5.82 Å². The van der Waals surface area contributed by atoms with Gasteiger partial charge in [0, 0.05) is 16.5 Å². The van der Waals surface area contributed by atoms with Crippen LogP contribution in [0.3, 0.4) is 0 Å². The smallest absolute Gasteiger partial charge is 0.257 e. The van der Waals surface area contributed by atoms with Crippen LogP contribution in [0, 0.1) is 12.7 Å². The fraction of sp³-hybridized carbons (Fsp3) is 0.0476. The van der Waals surface area contributed by atoms with E-state index in [0.717, 1.165) is 5.56 Å². The molecule has 5 heteroatoms. The predicted molar refractivity (Wildman–Crippen MR) is 101 cm³/mol. The molecule has 0 saturated carbocycles. The molecule has 4 rings (SSSR count). The number of hydrogen-bond donors (Lipinski definition) is 2. The Hall–Kier alpha value is -3.47. The molecule has 0 saturated heterocycles. The number of benzene rings is 3. The first-order valence-corrected chi connectivity index (χ1v) is 8.16. The summed E-state index contributed by atoms with van der Waals surface area (Å²) < 4.78 is 14.1. The largest absolute Gasteiger partial charge is 0.351 e. The molecule has 0 bridgehead atoms. The van der Waals surface area contributed by atoms with Gasteiger partial charge in [0.25, 0.3) is 5.91 Å². The molecule has 1 amide bonds. The number of fused-ring (bicyclic) bond motifs is 2. The van der Waals surface area contributed by atoms with Crippen molar-refractivity contribution in [3.05, 3.63) is 87.8 Å². The Kier molecular flexibility index (Phi) is 3.77. The predicted octanol–water partition coefficient (Wildman–Crippen LogP) is 4.38. The zero-order valence-electron chi connectivity index (χ0n) is 14.0. The second kappa shape index (κ2) is 6.11. The van der Waals surface area contributed by atoms with E-state index in [9.17, 15) is 14.0 Å². The summed E-state index contributed by atoms with van der Waals surface area (Å²) in [5, 5.41) is 3.42. The SMILES string of the molecule is Cc1cccc(NC(=O)c2cccc3c(=O)c4cccc(F)c4[nH]c23)c1. The van der Waals surface area contributed by atoms with E-state index in [1.165, 1.54) is 12.1 Å². The van der Waals surface area contributed by atoms with Crippen LogP contribution in [0.4, 0.5) is 10.1 Å². The first-order chi connectivity index (χ1) is 12.5. The molecule has 0 aliphatic carbocycles. The van der Waals surface area contributed by atoms with Gasteiger partial charge in [-0.15, -0.1) is 0 Å². The number of aromatic amines is 1. The Bertz CT molecular complexity index is 1230. The number of carbonyl (C=O) groups excluding carboxylic acids is 1. The van der Waals surface area contributed by atoms with Crippen LogP contribution in [-0.2, 0) is 0 Å². The van der Waals surface area contributed by atoms with E-state index in [4.69, 9.17) is 0 Å².